The van der Waals surface area contributed by atoms with Crippen molar-refractivity contribution in [3.8, 4) is 0 Å². The third-order valence-corrected chi connectivity index (χ3v) is 2.01. The average Bonchev–Trinajstić information content (AvgIpc) is 2.48. The molecule has 4 nitrogen and oxygen atoms in total. The molecule has 0 fully saturated rings. The fourth-order valence-electron chi connectivity index (χ4n) is 1.26. The molecule has 0 spiro atoms. The average molecular weight is 177 g/mol. The van der Waals surface area contributed by atoms with Crippen molar-refractivity contribution in [3.63, 3.8) is 0 Å². The molecular weight excluding hydrogens is 166 g/mol. The van der Waals surface area contributed by atoms with Gasteiger partial charge < -0.3 is 4.52 Å². The maximum absolute atomic E-state index is 5.19. The van der Waals surface area contributed by atoms with Crippen molar-refractivity contribution in [2.24, 2.45) is 0 Å². The molecule has 13 heavy (non-hydrogen) atoms. The van der Waals surface area contributed by atoms with Gasteiger partial charge in [-0.25, -0.2) is 0 Å². The lowest BCUT2D eigenvalue weighted by atomic mass is 10.1. The van der Waals surface area contributed by atoms with Crippen molar-refractivity contribution in [1.82, 2.24) is 15.4 Å². The van der Waals surface area contributed by atoms with Crippen molar-refractivity contribution in [1.29, 1.82) is 0 Å². The van der Waals surface area contributed by atoms with Crippen LogP contribution in [0.15, 0.2) is 10.7 Å². The molecule has 0 aliphatic heterocycles. The van der Waals surface area contributed by atoms with Gasteiger partial charge in [-0.1, -0.05) is 19.0 Å². The Labute approximate surface area is 75.9 Å². The van der Waals surface area contributed by atoms with Crippen molar-refractivity contribution in [2.75, 3.05) is 0 Å². The molecule has 2 heterocycles. The molecule has 2 rings (SSSR count). The molecular formula is C9H11N3O. The summed E-state index contributed by atoms with van der Waals surface area (Å²) in [6.45, 7) is 6.05. The minimum atomic E-state index is 0.317. The highest BCUT2D eigenvalue weighted by Gasteiger charge is 2.14. The van der Waals surface area contributed by atoms with Crippen LogP contribution in [0.4, 0.5) is 0 Å². The summed E-state index contributed by atoms with van der Waals surface area (Å²) >= 11 is 0. The first-order chi connectivity index (χ1) is 6.20. The second-order valence-electron chi connectivity index (χ2n) is 3.43. The van der Waals surface area contributed by atoms with Gasteiger partial charge in [0.15, 0.2) is 11.1 Å². The largest absolute Gasteiger partial charge is 0.354 e. The van der Waals surface area contributed by atoms with Crippen molar-refractivity contribution in [2.45, 2.75) is 26.7 Å². The smallest absolute Gasteiger partial charge is 0.191 e. The third kappa shape index (κ3) is 1.18. The quantitative estimate of drug-likeness (QED) is 0.668. The first-order valence-corrected chi connectivity index (χ1v) is 4.27. The summed E-state index contributed by atoms with van der Waals surface area (Å²) < 4.78 is 5.19. The highest BCUT2D eigenvalue weighted by atomic mass is 16.5. The van der Waals surface area contributed by atoms with E-state index >= 15 is 0 Å². The summed E-state index contributed by atoms with van der Waals surface area (Å²) in [5.41, 5.74) is 3.39. The van der Waals surface area contributed by atoms with Crippen LogP contribution in [0.25, 0.3) is 11.1 Å². The molecule has 0 radical (unpaired) electrons. The molecule has 2 aromatic heterocycles. The van der Waals surface area contributed by atoms with Crippen molar-refractivity contribution < 1.29 is 4.52 Å². The number of hydrogen-bond acceptors (Lipinski definition) is 4. The zero-order valence-electron chi connectivity index (χ0n) is 7.90. The number of aromatic nitrogens is 3. The zero-order chi connectivity index (χ0) is 9.42. The lowest BCUT2D eigenvalue weighted by Gasteiger charge is -1.96. The van der Waals surface area contributed by atoms with E-state index in [1.807, 2.05) is 6.92 Å². The Morgan fingerprint density at radius 1 is 1.38 bits per heavy atom. The second kappa shape index (κ2) is 2.80. The standard InChI is InChI=1S/C9H11N3O/c1-5(2)7-8-9(13-12-7)6(3)4-10-11-8/h4-5H,1-3H3. The summed E-state index contributed by atoms with van der Waals surface area (Å²) in [6.07, 6.45) is 1.68. The third-order valence-electron chi connectivity index (χ3n) is 2.01. The van der Waals surface area contributed by atoms with Gasteiger partial charge in [-0.05, 0) is 6.92 Å². The number of hydrogen-bond donors (Lipinski definition) is 0. The van der Waals surface area contributed by atoms with Crippen LogP contribution >= 0.6 is 0 Å². The fourth-order valence-corrected chi connectivity index (χ4v) is 1.26. The van der Waals surface area contributed by atoms with Crippen LogP contribution < -0.4 is 0 Å². The van der Waals surface area contributed by atoms with Crippen LogP contribution in [0, 0.1) is 6.92 Å². The Balaban J connectivity index is 2.75. The fraction of sp³-hybridized carbons (Fsp3) is 0.444. The van der Waals surface area contributed by atoms with Gasteiger partial charge in [0.25, 0.3) is 0 Å². The van der Waals surface area contributed by atoms with Crippen LogP contribution in [-0.2, 0) is 0 Å². The molecule has 0 aliphatic carbocycles. The van der Waals surface area contributed by atoms with Crippen LogP contribution in [-0.4, -0.2) is 15.4 Å². The van der Waals surface area contributed by atoms with E-state index in [0.29, 0.717) is 5.92 Å². The predicted molar refractivity (Wildman–Crippen MR) is 48.4 cm³/mol. The summed E-state index contributed by atoms with van der Waals surface area (Å²) in [4.78, 5) is 0. The lowest BCUT2D eigenvalue weighted by molar-refractivity contribution is 0.440. The van der Waals surface area contributed by atoms with Gasteiger partial charge in [0.1, 0.15) is 5.69 Å². The van der Waals surface area contributed by atoms with E-state index in [9.17, 15) is 0 Å². The SMILES string of the molecule is Cc1cnnc2c(C(C)C)noc12. The second-order valence-corrected chi connectivity index (χ2v) is 3.43. The van der Waals surface area contributed by atoms with Gasteiger partial charge in [0.05, 0.1) is 6.20 Å². The van der Waals surface area contributed by atoms with Gasteiger partial charge >= 0.3 is 0 Å². The molecule has 0 aromatic carbocycles. The maximum atomic E-state index is 5.19. The maximum Gasteiger partial charge on any atom is 0.191 e. The van der Waals surface area contributed by atoms with Gasteiger partial charge in [0, 0.05) is 11.5 Å². The van der Waals surface area contributed by atoms with E-state index in [4.69, 9.17) is 4.52 Å². The van der Waals surface area contributed by atoms with Gasteiger partial charge in [-0.2, -0.15) is 5.10 Å². The van der Waals surface area contributed by atoms with Crippen molar-refractivity contribution in [3.05, 3.63) is 17.5 Å². The molecule has 0 atom stereocenters. The van der Waals surface area contributed by atoms with Crippen LogP contribution in [0.1, 0.15) is 31.0 Å². The molecule has 68 valence electrons. The minimum absolute atomic E-state index is 0.317. The van der Waals surface area contributed by atoms with E-state index in [1.54, 1.807) is 6.20 Å². The number of aryl methyl sites for hydroxylation is 1. The van der Waals surface area contributed by atoms with Gasteiger partial charge in [-0.15, -0.1) is 5.10 Å². The summed E-state index contributed by atoms with van der Waals surface area (Å²) in [5, 5.41) is 11.9. The first-order valence-electron chi connectivity index (χ1n) is 4.27. The van der Waals surface area contributed by atoms with E-state index in [0.717, 1.165) is 22.4 Å². The monoisotopic (exact) mass is 177 g/mol. The molecule has 4 heteroatoms. The lowest BCUT2D eigenvalue weighted by Crippen LogP contribution is -1.91. The van der Waals surface area contributed by atoms with Crippen LogP contribution in [0.5, 0.6) is 0 Å². The topological polar surface area (TPSA) is 51.8 Å². The van der Waals surface area contributed by atoms with Crippen LogP contribution in [0.3, 0.4) is 0 Å². The molecule has 0 bridgehead atoms. The van der Waals surface area contributed by atoms with Crippen LogP contribution in [0.2, 0.25) is 0 Å². The Kier molecular flexibility index (Phi) is 1.76. The Hall–Kier alpha value is -1.45. The normalized spacial score (nSPS) is 11.4. The summed E-state index contributed by atoms with van der Waals surface area (Å²) in [6, 6.07) is 0. The highest BCUT2D eigenvalue weighted by molar-refractivity contribution is 5.77. The highest BCUT2D eigenvalue weighted by Crippen LogP contribution is 2.23. The van der Waals surface area contributed by atoms with Crippen molar-refractivity contribution >= 4 is 11.1 Å². The van der Waals surface area contributed by atoms with Gasteiger partial charge in [0.2, 0.25) is 0 Å². The van der Waals surface area contributed by atoms with Gasteiger partial charge in [-0.3, -0.25) is 0 Å². The number of nitrogens with zero attached hydrogens (tertiary/aromatic N) is 3. The zero-order valence-corrected chi connectivity index (χ0v) is 7.90. The summed E-state index contributed by atoms with van der Waals surface area (Å²) in [7, 11) is 0. The molecule has 0 unspecified atom stereocenters. The first kappa shape index (κ1) is 8.16. The van der Waals surface area contributed by atoms with E-state index in [-0.39, 0.29) is 0 Å². The number of rotatable bonds is 1. The number of fused-ring (bicyclic) bond motifs is 1. The molecule has 0 aliphatic rings. The summed E-state index contributed by atoms with van der Waals surface area (Å²) in [5.74, 6) is 0.317. The minimum Gasteiger partial charge on any atom is -0.354 e. The Morgan fingerprint density at radius 2 is 2.15 bits per heavy atom. The molecule has 0 saturated heterocycles. The Morgan fingerprint density at radius 3 is 2.85 bits per heavy atom. The molecule has 0 saturated carbocycles. The van der Waals surface area contributed by atoms with E-state index < -0.39 is 0 Å². The molecule has 2 aromatic rings. The van der Waals surface area contributed by atoms with E-state index in [2.05, 4.69) is 29.2 Å². The molecule has 0 amide bonds. The molecule has 0 N–H and O–H groups in total. The predicted octanol–water partition coefficient (Wildman–Crippen LogP) is 2.05. The van der Waals surface area contributed by atoms with E-state index in [1.165, 1.54) is 0 Å². The Bertz CT molecular complexity index is 433.